The second-order valence-electron chi connectivity index (χ2n) is 3.41. The number of carbonyl (C=O) groups is 1. The minimum absolute atomic E-state index is 0.0276. The molecule has 0 atom stereocenters. The molecule has 1 amide bonds. The molecule has 1 rings (SSSR count). The first-order valence-corrected chi connectivity index (χ1v) is 7.46. The molecule has 0 bridgehead atoms. The lowest BCUT2D eigenvalue weighted by molar-refractivity contribution is -0.115. The van der Waals surface area contributed by atoms with Crippen LogP contribution in [0.25, 0.3) is 0 Å². The van der Waals surface area contributed by atoms with Gasteiger partial charge in [0.15, 0.2) is 0 Å². The van der Waals surface area contributed by atoms with Crippen molar-refractivity contribution in [2.45, 2.75) is 6.42 Å². The van der Waals surface area contributed by atoms with E-state index in [1.54, 1.807) is 18.2 Å². The molecule has 6 heteroatoms. The van der Waals surface area contributed by atoms with Gasteiger partial charge in [0.2, 0.25) is 5.91 Å². The van der Waals surface area contributed by atoms with Gasteiger partial charge in [-0.15, -0.1) is 0 Å². The highest BCUT2D eigenvalue weighted by molar-refractivity contribution is 9.10. The van der Waals surface area contributed by atoms with Crippen molar-refractivity contribution in [3.63, 3.8) is 0 Å². The van der Waals surface area contributed by atoms with Crippen LogP contribution in [0, 0.1) is 0 Å². The normalized spacial score (nSPS) is 11.1. The number of sulfone groups is 1. The Hall–Kier alpha value is -0.880. The largest absolute Gasteiger partial charge is 0.325 e. The van der Waals surface area contributed by atoms with Gasteiger partial charge in [0.1, 0.15) is 9.84 Å². The average molecular weight is 306 g/mol. The molecule has 0 saturated carbocycles. The highest BCUT2D eigenvalue weighted by Gasteiger charge is 2.09. The van der Waals surface area contributed by atoms with Crippen LogP contribution in [0.1, 0.15) is 6.42 Å². The second kappa shape index (κ2) is 5.45. The van der Waals surface area contributed by atoms with Crippen LogP contribution >= 0.6 is 15.9 Å². The molecule has 0 saturated heterocycles. The van der Waals surface area contributed by atoms with Crippen LogP contribution in [0.15, 0.2) is 28.7 Å². The van der Waals surface area contributed by atoms with Crippen LogP contribution in [-0.2, 0) is 14.6 Å². The highest BCUT2D eigenvalue weighted by Crippen LogP contribution is 2.21. The van der Waals surface area contributed by atoms with Gasteiger partial charge < -0.3 is 5.32 Å². The number of rotatable bonds is 4. The monoisotopic (exact) mass is 305 g/mol. The SMILES string of the molecule is CS(=O)(=O)CCC(=O)Nc1ccccc1Br. The number of carbonyl (C=O) groups excluding carboxylic acids is 1. The summed E-state index contributed by atoms with van der Waals surface area (Å²) in [4.78, 5) is 11.4. The van der Waals surface area contributed by atoms with Gasteiger partial charge in [0.25, 0.3) is 0 Å². The quantitative estimate of drug-likeness (QED) is 0.923. The molecule has 4 nitrogen and oxygen atoms in total. The molecule has 0 aliphatic carbocycles. The van der Waals surface area contributed by atoms with Gasteiger partial charge in [-0.25, -0.2) is 8.42 Å². The molecule has 0 aliphatic heterocycles. The lowest BCUT2D eigenvalue weighted by Crippen LogP contribution is -2.16. The predicted molar refractivity (Wildman–Crippen MR) is 67.1 cm³/mol. The summed E-state index contributed by atoms with van der Waals surface area (Å²) in [5, 5.41) is 2.63. The first-order chi connectivity index (χ1) is 7.38. The summed E-state index contributed by atoms with van der Waals surface area (Å²) in [6, 6.07) is 7.15. The van der Waals surface area contributed by atoms with Crippen molar-refractivity contribution in [2.75, 3.05) is 17.3 Å². The van der Waals surface area contributed by atoms with E-state index in [9.17, 15) is 13.2 Å². The van der Waals surface area contributed by atoms with Gasteiger partial charge in [-0.2, -0.15) is 0 Å². The lowest BCUT2D eigenvalue weighted by Gasteiger charge is -2.06. The number of hydrogen-bond acceptors (Lipinski definition) is 3. The van der Waals surface area contributed by atoms with E-state index in [-0.39, 0.29) is 18.1 Å². The number of halogens is 1. The second-order valence-corrected chi connectivity index (χ2v) is 6.52. The molecule has 0 fully saturated rings. The molecule has 0 aliphatic rings. The minimum atomic E-state index is -3.09. The number of amides is 1. The van der Waals surface area contributed by atoms with Crippen molar-refractivity contribution < 1.29 is 13.2 Å². The zero-order valence-corrected chi connectivity index (χ0v) is 11.1. The van der Waals surface area contributed by atoms with E-state index in [1.165, 1.54) is 0 Å². The third kappa shape index (κ3) is 4.76. The molecule has 1 aromatic rings. The van der Waals surface area contributed by atoms with E-state index in [1.807, 2.05) is 6.07 Å². The smallest absolute Gasteiger partial charge is 0.225 e. The maximum absolute atomic E-state index is 11.4. The molecule has 0 aromatic heterocycles. The van der Waals surface area contributed by atoms with Crippen molar-refractivity contribution in [1.29, 1.82) is 0 Å². The molecule has 1 N–H and O–H groups in total. The Morgan fingerprint density at radius 1 is 1.38 bits per heavy atom. The van der Waals surface area contributed by atoms with E-state index >= 15 is 0 Å². The molecule has 0 spiro atoms. The summed E-state index contributed by atoms with van der Waals surface area (Å²) in [5.74, 6) is -0.444. The Morgan fingerprint density at radius 3 is 2.56 bits per heavy atom. The van der Waals surface area contributed by atoms with E-state index in [0.717, 1.165) is 10.7 Å². The van der Waals surface area contributed by atoms with E-state index < -0.39 is 9.84 Å². The van der Waals surface area contributed by atoms with Gasteiger partial charge in [-0.3, -0.25) is 4.79 Å². The molecular formula is C10H12BrNO3S. The Bertz CT molecular complexity index is 485. The summed E-state index contributed by atoms with van der Waals surface area (Å²) in [6.45, 7) is 0. The Labute approximate surface area is 103 Å². The number of benzene rings is 1. The molecule has 88 valence electrons. The van der Waals surface area contributed by atoms with Crippen molar-refractivity contribution in [2.24, 2.45) is 0 Å². The molecular weight excluding hydrogens is 294 g/mol. The maximum Gasteiger partial charge on any atom is 0.225 e. The topological polar surface area (TPSA) is 63.2 Å². The van der Waals surface area contributed by atoms with Crippen LogP contribution in [0.4, 0.5) is 5.69 Å². The number of nitrogens with one attached hydrogen (secondary N) is 1. The summed E-state index contributed by atoms with van der Waals surface area (Å²) >= 11 is 3.28. The first kappa shape index (κ1) is 13.2. The fourth-order valence-corrected chi connectivity index (χ4v) is 1.99. The van der Waals surface area contributed by atoms with Gasteiger partial charge in [0.05, 0.1) is 11.4 Å². The zero-order chi connectivity index (χ0) is 12.2. The van der Waals surface area contributed by atoms with Crippen molar-refractivity contribution in [1.82, 2.24) is 0 Å². The fraction of sp³-hybridized carbons (Fsp3) is 0.300. The maximum atomic E-state index is 11.4. The van der Waals surface area contributed by atoms with Crippen LogP contribution in [0.5, 0.6) is 0 Å². The van der Waals surface area contributed by atoms with Gasteiger partial charge in [-0.05, 0) is 28.1 Å². The molecule has 0 heterocycles. The Balaban J connectivity index is 2.56. The van der Waals surface area contributed by atoms with Crippen LogP contribution < -0.4 is 5.32 Å². The van der Waals surface area contributed by atoms with Crippen LogP contribution in [0.2, 0.25) is 0 Å². The summed E-state index contributed by atoms with van der Waals surface area (Å²) in [5.41, 5.74) is 0.640. The first-order valence-electron chi connectivity index (χ1n) is 4.60. The van der Waals surface area contributed by atoms with Crippen molar-refractivity contribution >= 4 is 37.4 Å². The van der Waals surface area contributed by atoms with E-state index in [2.05, 4.69) is 21.2 Å². The minimum Gasteiger partial charge on any atom is -0.325 e. The summed E-state index contributed by atoms with van der Waals surface area (Å²) in [6.07, 6.45) is 1.08. The highest BCUT2D eigenvalue weighted by atomic mass is 79.9. The third-order valence-corrected chi connectivity index (χ3v) is 3.49. The molecule has 1 aromatic carbocycles. The fourth-order valence-electron chi connectivity index (χ4n) is 1.05. The number of hydrogen-bond donors (Lipinski definition) is 1. The predicted octanol–water partition coefficient (Wildman–Crippen LogP) is 1.82. The molecule has 16 heavy (non-hydrogen) atoms. The Kier molecular flexibility index (Phi) is 4.49. The van der Waals surface area contributed by atoms with E-state index in [4.69, 9.17) is 0 Å². The summed E-state index contributed by atoms with van der Waals surface area (Å²) in [7, 11) is -3.09. The number of para-hydroxylation sites is 1. The Morgan fingerprint density at radius 2 is 2.00 bits per heavy atom. The standard InChI is InChI=1S/C10H12BrNO3S/c1-16(14,15)7-6-10(13)12-9-5-3-2-4-8(9)11/h2-5H,6-7H2,1H3,(H,12,13). The van der Waals surface area contributed by atoms with E-state index in [0.29, 0.717) is 5.69 Å². The molecule has 0 unspecified atom stereocenters. The van der Waals surface area contributed by atoms with Gasteiger partial charge >= 0.3 is 0 Å². The zero-order valence-electron chi connectivity index (χ0n) is 8.73. The lowest BCUT2D eigenvalue weighted by atomic mass is 10.3. The van der Waals surface area contributed by atoms with Crippen LogP contribution in [0.3, 0.4) is 0 Å². The van der Waals surface area contributed by atoms with Crippen LogP contribution in [-0.4, -0.2) is 26.3 Å². The van der Waals surface area contributed by atoms with Crippen molar-refractivity contribution in [3.8, 4) is 0 Å². The van der Waals surface area contributed by atoms with Gasteiger partial charge in [-0.1, -0.05) is 12.1 Å². The number of anilines is 1. The summed E-state index contributed by atoms with van der Waals surface area (Å²) < 4.78 is 22.5. The van der Waals surface area contributed by atoms with Crippen molar-refractivity contribution in [3.05, 3.63) is 28.7 Å². The van der Waals surface area contributed by atoms with Gasteiger partial charge in [0, 0.05) is 17.1 Å². The average Bonchev–Trinajstić information content (AvgIpc) is 2.18. The third-order valence-electron chi connectivity index (χ3n) is 1.85. The molecule has 0 radical (unpaired) electrons.